The third-order valence-corrected chi connectivity index (χ3v) is 7.42. The maximum absolute atomic E-state index is 13.2. The number of thiophene rings is 1. The summed E-state index contributed by atoms with van der Waals surface area (Å²) in [6.45, 7) is 4.59. The molecule has 1 unspecified atom stereocenters. The molecular formula is C26H28F3N7O3S. The minimum Gasteiger partial charge on any atom is -0.382 e. The second kappa shape index (κ2) is 11.4. The van der Waals surface area contributed by atoms with Crippen LogP contribution in [-0.4, -0.2) is 63.3 Å². The van der Waals surface area contributed by atoms with Crippen LogP contribution in [0.3, 0.4) is 0 Å². The predicted octanol–water partition coefficient (Wildman–Crippen LogP) is 4.39. The van der Waals surface area contributed by atoms with E-state index in [2.05, 4.69) is 25.6 Å². The lowest BCUT2D eigenvalue weighted by Crippen LogP contribution is -2.26. The highest BCUT2D eigenvalue weighted by Crippen LogP contribution is 2.28. The van der Waals surface area contributed by atoms with Gasteiger partial charge in [0.2, 0.25) is 5.95 Å². The lowest BCUT2D eigenvalue weighted by atomic mass is 10.2. The molecule has 1 aliphatic heterocycles. The topological polar surface area (TPSA) is 128 Å². The first-order valence-corrected chi connectivity index (χ1v) is 13.6. The summed E-state index contributed by atoms with van der Waals surface area (Å²) in [5.41, 5.74) is 1.28. The molecular weight excluding hydrogens is 547 g/mol. The number of aromatic amines is 1. The largest absolute Gasteiger partial charge is 0.406 e. The SMILES string of the molecule is C/C=C(\C=N/C1CN1)c1ccc(C(=O)Nc2nc3cc4[nH]c(=O)n(CC(F)(F)F)c4cc3n2CCCOCC)s1. The fourth-order valence-corrected chi connectivity index (χ4v) is 5.23. The molecule has 40 heavy (non-hydrogen) atoms. The number of aryl methyl sites for hydroxylation is 1. The monoisotopic (exact) mass is 575 g/mol. The van der Waals surface area contributed by atoms with Crippen molar-refractivity contribution in [3.63, 3.8) is 0 Å². The van der Waals surface area contributed by atoms with Gasteiger partial charge in [-0.2, -0.15) is 13.2 Å². The first-order valence-electron chi connectivity index (χ1n) is 12.8. The number of nitrogens with zero attached hydrogens (tertiary/aromatic N) is 4. The number of imidazole rings is 2. The number of ether oxygens (including phenoxy) is 1. The van der Waals surface area contributed by atoms with E-state index in [-0.39, 0.29) is 29.1 Å². The zero-order chi connectivity index (χ0) is 28.4. The molecule has 0 saturated carbocycles. The number of benzene rings is 1. The third-order valence-electron chi connectivity index (χ3n) is 6.29. The van der Waals surface area contributed by atoms with E-state index in [0.29, 0.717) is 46.7 Å². The number of halogens is 3. The number of alkyl halides is 3. The summed E-state index contributed by atoms with van der Waals surface area (Å²) in [4.78, 5) is 38.3. The van der Waals surface area contributed by atoms with Crippen molar-refractivity contribution >= 4 is 57.0 Å². The fraction of sp³-hybridized carbons (Fsp3) is 0.385. The first-order chi connectivity index (χ1) is 19.2. The van der Waals surface area contributed by atoms with Crippen molar-refractivity contribution in [3.8, 4) is 0 Å². The summed E-state index contributed by atoms with van der Waals surface area (Å²) < 4.78 is 47.3. The number of nitrogens with one attached hydrogen (secondary N) is 3. The molecule has 0 spiro atoms. The molecule has 1 aromatic carbocycles. The van der Waals surface area contributed by atoms with Gasteiger partial charge in [-0.15, -0.1) is 11.3 Å². The molecule has 10 nitrogen and oxygen atoms in total. The van der Waals surface area contributed by atoms with Gasteiger partial charge in [0.25, 0.3) is 5.91 Å². The molecule has 5 rings (SSSR count). The van der Waals surface area contributed by atoms with Crippen LogP contribution in [0.1, 0.15) is 34.8 Å². The Balaban J connectivity index is 1.47. The Bertz CT molecular complexity index is 1660. The second-order valence-electron chi connectivity index (χ2n) is 9.19. The van der Waals surface area contributed by atoms with E-state index < -0.39 is 18.4 Å². The number of carbonyl (C=O) groups excluding carboxylic acids is 1. The Morgan fingerprint density at radius 3 is 2.75 bits per heavy atom. The highest BCUT2D eigenvalue weighted by atomic mass is 32.1. The van der Waals surface area contributed by atoms with Crippen LogP contribution in [0.25, 0.3) is 27.6 Å². The van der Waals surface area contributed by atoms with Crippen LogP contribution < -0.4 is 16.3 Å². The molecule has 4 aromatic rings. The Kier molecular flexibility index (Phi) is 7.92. The number of hydrogen-bond donors (Lipinski definition) is 3. The first kappa shape index (κ1) is 27.8. The molecule has 1 saturated heterocycles. The van der Waals surface area contributed by atoms with Crippen LogP contribution in [0, 0.1) is 0 Å². The van der Waals surface area contributed by atoms with Crippen LogP contribution >= 0.6 is 11.3 Å². The van der Waals surface area contributed by atoms with Gasteiger partial charge in [-0.3, -0.25) is 25.0 Å². The lowest BCUT2D eigenvalue weighted by molar-refractivity contribution is -0.140. The maximum Gasteiger partial charge on any atom is 0.406 e. The highest BCUT2D eigenvalue weighted by molar-refractivity contribution is 7.15. The number of H-pyrrole nitrogens is 1. The molecule has 1 fully saturated rings. The Morgan fingerprint density at radius 1 is 1.27 bits per heavy atom. The van der Waals surface area contributed by atoms with Crippen LogP contribution in [-0.2, 0) is 17.8 Å². The Morgan fingerprint density at radius 2 is 2.05 bits per heavy atom. The molecule has 3 aromatic heterocycles. The molecule has 1 atom stereocenters. The van der Waals surface area contributed by atoms with Gasteiger partial charge in [-0.05, 0) is 44.5 Å². The van der Waals surface area contributed by atoms with Crippen LogP contribution in [0.2, 0.25) is 0 Å². The summed E-state index contributed by atoms with van der Waals surface area (Å²) in [6, 6.07) is 6.59. The predicted molar refractivity (Wildman–Crippen MR) is 149 cm³/mol. The van der Waals surface area contributed by atoms with E-state index in [9.17, 15) is 22.8 Å². The zero-order valence-electron chi connectivity index (χ0n) is 21.8. The number of aromatic nitrogens is 4. The van der Waals surface area contributed by atoms with Gasteiger partial charge in [0.05, 0.1) is 26.9 Å². The number of rotatable bonds is 11. The van der Waals surface area contributed by atoms with Crippen LogP contribution in [0.4, 0.5) is 19.1 Å². The van der Waals surface area contributed by atoms with E-state index >= 15 is 0 Å². The molecule has 0 bridgehead atoms. The summed E-state index contributed by atoms with van der Waals surface area (Å²) in [5, 5.41) is 5.97. The van der Waals surface area contributed by atoms with E-state index in [1.807, 2.05) is 26.0 Å². The summed E-state index contributed by atoms with van der Waals surface area (Å²) in [5.74, 6) is -0.121. The number of hydrogen-bond acceptors (Lipinski definition) is 7. The quantitative estimate of drug-likeness (QED) is 0.139. The van der Waals surface area contributed by atoms with Crippen LogP contribution in [0.5, 0.6) is 0 Å². The van der Waals surface area contributed by atoms with Crippen molar-refractivity contribution in [2.24, 2.45) is 4.99 Å². The van der Waals surface area contributed by atoms with Crippen molar-refractivity contribution in [2.45, 2.75) is 45.7 Å². The van der Waals surface area contributed by atoms with Gasteiger partial charge in [0.15, 0.2) is 0 Å². The average Bonchev–Trinajstić information content (AvgIpc) is 3.37. The summed E-state index contributed by atoms with van der Waals surface area (Å²) >= 11 is 1.32. The summed E-state index contributed by atoms with van der Waals surface area (Å²) in [6.07, 6.45) is -0.139. The number of anilines is 1. The molecule has 1 amide bonds. The van der Waals surface area contributed by atoms with Gasteiger partial charge < -0.3 is 14.3 Å². The smallest absolute Gasteiger partial charge is 0.382 e. The third kappa shape index (κ3) is 6.18. The lowest BCUT2D eigenvalue weighted by Gasteiger charge is -2.11. The van der Waals surface area contributed by atoms with Crippen molar-refractivity contribution in [3.05, 3.63) is 50.6 Å². The minimum atomic E-state index is -4.57. The van der Waals surface area contributed by atoms with Gasteiger partial charge in [-0.1, -0.05) is 6.08 Å². The van der Waals surface area contributed by atoms with Gasteiger partial charge in [0, 0.05) is 43.0 Å². The van der Waals surface area contributed by atoms with Gasteiger partial charge >= 0.3 is 11.9 Å². The molecule has 3 N–H and O–H groups in total. The standard InChI is InChI=1S/C26H28F3N7O3S/c1-3-15(12-30-22-13-31-22)20-6-7-21(40-20)23(37)34-24-32-16-10-17-19(36(25(38)33-17)14-26(27,28)29)11-18(16)35(24)8-5-9-39-4-2/h3,6-7,10-12,22,31H,4-5,8-9,13-14H2,1-2H3,(H,33,38)(H,32,34,37)/b15-3+,30-12-. The van der Waals surface area contributed by atoms with Gasteiger partial charge in [0.1, 0.15) is 12.7 Å². The molecule has 212 valence electrons. The van der Waals surface area contributed by atoms with Crippen molar-refractivity contribution in [1.29, 1.82) is 0 Å². The van der Waals surface area contributed by atoms with Gasteiger partial charge in [-0.25, -0.2) is 9.78 Å². The Labute approximate surface area is 230 Å². The number of fused-ring (bicyclic) bond motifs is 2. The van der Waals surface area contributed by atoms with Crippen molar-refractivity contribution in [2.75, 3.05) is 25.1 Å². The fourth-order valence-electron chi connectivity index (χ4n) is 4.29. The molecule has 4 heterocycles. The molecule has 1 aliphatic rings. The number of amides is 1. The average molecular weight is 576 g/mol. The highest BCUT2D eigenvalue weighted by Gasteiger charge is 2.30. The number of aliphatic imine (C=N–C) groups is 1. The normalized spacial score (nSPS) is 16.0. The van der Waals surface area contributed by atoms with E-state index in [1.54, 1.807) is 16.8 Å². The zero-order valence-corrected chi connectivity index (χ0v) is 22.7. The van der Waals surface area contributed by atoms with Crippen molar-refractivity contribution < 1.29 is 22.7 Å². The second-order valence-corrected chi connectivity index (χ2v) is 10.3. The minimum absolute atomic E-state index is 0.100. The summed E-state index contributed by atoms with van der Waals surface area (Å²) in [7, 11) is 0. The molecule has 14 heteroatoms. The number of carbonyl (C=O) groups is 1. The van der Waals surface area contributed by atoms with E-state index in [1.165, 1.54) is 23.5 Å². The molecule has 0 radical (unpaired) electrons. The Hall–Kier alpha value is -3.75. The van der Waals surface area contributed by atoms with E-state index in [0.717, 1.165) is 17.0 Å². The number of allylic oxidation sites excluding steroid dienone is 2. The van der Waals surface area contributed by atoms with E-state index in [4.69, 9.17) is 4.74 Å². The van der Waals surface area contributed by atoms with Crippen molar-refractivity contribution in [1.82, 2.24) is 24.4 Å². The van der Waals surface area contributed by atoms with Crippen LogP contribution in [0.15, 0.2) is 40.1 Å². The maximum atomic E-state index is 13.2. The molecule has 0 aliphatic carbocycles.